The molecule has 3 aliphatic rings. The third kappa shape index (κ3) is 3.81. The molecule has 1 aromatic rings. The van der Waals surface area contributed by atoms with Crippen LogP contribution in [0, 0.1) is 5.92 Å². The predicted molar refractivity (Wildman–Crippen MR) is 106 cm³/mol. The van der Waals surface area contributed by atoms with E-state index >= 15 is 0 Å². The van der Waals surface area contributed by atoms with Gasteiger partial charge in [0.25, 0.3) is 5.91 Å². The molecule has 3 aliphatic heterocycles. The fourth-order valence-electron chi connectivity index (χ4n) is 4.62. The molecule has 0 aromatic heterocycles. The van der Waals surface area contributed by atoms with Crippen LogP contribution in [-0.2, 0) is 11.3 Å². The summed E-state index contributed by atoms with van der Waals surface area (Å²) in [5.74, 6) is 1.06. The number of piperazine rings is 1. The van der Waals surface area contributed by atoms with Gasteiger partial charge in [-0.3, -0.25) is 14.5 Å². The largest absolute Gasteiger partial charge is 0.369 e. The van der Waals surface area contributed by atoms with Gasteiger partial charge in [-0.2, -0.15) is 0 Å². The third-order valence-electron chi connectivity index (χ3n) is 6.39. The van der Waals surface area contributed by atoms with E-state index in [2.05, 4.69) is 28.0 Å². The number of hydrogen-bond acceptors (Lipinski definition) is 4. The van der Waals surface area contributed by atoms with Gasteiger partial charge in [0.15, 0.2) is 0 Å². The van der Waals surface area contributed by atoms with Crippen molar-refractivity contribution < 1.29 is 9.59 Å². The number of piperidine rings is 1. The van der Waals surface area contributed by atoms with Crippen molar-refractivity contribution in [3.05, 3.63) is 29.3 Å². The summed E-state index contributed by atoms with van der Waals surface area (Å²) < 4.78 is 0. The van der Waals surface area contributed by atoms with Crippen molar-refractivity contribution in [1.29, 1.82) is 0 Å². The Morgan fingerprint density at radius 3 is 2.44 bits per heavy atom. The van der Waals surface area contributed by atoms with E-state index < -0.39 is 0 Å². The summed E-state index contributed by atoms with van der Waals surface area (Å²) in [6.45, 7) is 9.52. The molecule has 0 spiro atoms. The highest BCUT2D eigenvalue weighted by atomic mass is 16.2. The van der Waals surface area contributed by atoms with Gasteiger partial charge in [0, 0.05) is 77.6 Å². The van der Waals surface area contributed by atoms with Gasteiger partial charge in [0.1, 0.15) is 0 Å². The number of rotatable bonds is 3. The lowest BCUT2D eigenvalue weighted by molar-refractivity contribution is -0.130. The van der Waals surface area contributed by atoms with E-state index in [9.17, 15) is 9.59 Å². The van der Waals surface area contributed by atoms with Crippen LogP contribution in [-0.4, -0.2) is 79.4 Å². The van der Waals surface area contributed by atoms with Crippen molar-refractivity contribution >= 4 is 17.5 Å². The van der Waals surface area contributed by atoms with E-state index in [0.717, 1.165) is 76.3 Å². The van der Waals surface area contributed by atoms with Gasteiger partial charge in [-0.15, -0.1) is 0 Å². The first-order valence-electron chi connectivity index (χ1n) is 10.1. The molecule has 27 heavy (non-hydrogen) atoms. The first kappa shape index (κ1) is 18.3. The minimum atomic E-state index is 0.141. The van der Waals surface area contributed by atoms with Crippen molar-refractivity contribution in [2.45, 2.75) is 26.3 Å². The van der Waals surface area contributed by atoms with E-state index in [-0.39, 0.29) is 11.8 Å². The maximum absolute atomic E-state index is 12.2. The second-order valence-electron chi connectivity index (χ2n) is 8.24. The Bertz CT molecular complexity index is 719. The Morgan fingerprint density at radius 2 is 1.78 bits per heavy atom. The van der Waals surface area contributed by atoms with E-state index in [1.54, 1.807) is 11.8 Å². The average molecular weight is 370 g/mol. The summed E-state index contributed by atoms with van der Waals surface area (Å²) in [4.78, 5) is 32.4. The first-order chi connectivity index (χ1) is 13.0. The molecule has 2 saturated heterocycles. The second kappa shape index (κ2) is 7.50. The fourth-order valence-corrected chi connectivity index (χ4v) is 4.62. The molecule has 4 rings (SSSR count). The second-order valence-corrected chi connectivity index (χ2v) is 8.24. The average Bonchev–Trinajstić information content (AvgIpc) is 2.96. The van der Waals surface area contributed by atoms with Crippen LogP contribution in [0.1, 0.15) is 35.7 Å². The summed E-state index contributed by atoms with van der Waals surface area (Å²) in [5.41, 5.74) is 3.18. The van der Waals surface area contributed by atoms with Crippen molar-refractivity contribution in [1.82, 2.24) is 14.7 Å². The fraction of sp³-hybridized carbons (Fsp3) is 0.619. The number of likely N-dealkylation sites (tertiary alicyclic amines) is 1. The zero-order valence-electron chi connectivity index (χ0n) is 16.5. The van der Waals surface area contributed by atoms with Crippen LogP contribution in [0.15, 0.2) is 18.2 Å². The zero-order chi connectivity index (χ0) is 19.0. The monoisotopic (exact) mass is 370 g/mol. The van der Waals surface area contributed by atoms with Crippen LogP contribution in [0.25, 0.3) is 0 Å². The van der Waals surface area contributed by atoms with Gasteiger partial charge in [-0.05, 0) is 36.5 Å². The number of fused-ring (bicyclic) bond motifs is 1. The van der Waals surface area contributed by atoms with E-state index in [0.29, 0.717) is 5.92 Å². The Balaban J connectivity index is 1.29. The molecule has 2 amide bonds. The van der Waals surface area contributed by atoms with Crippen LogP contribution in [0.3, 0.4) is 0 Å². The molecule has 6 nitrogen and oxygen atoms in total. The zero-order valence-corrected chi connectivity index (χ0v) is 16.5. The number of carbonyl (C=O) groups is 2. The van der Waals surface area contributed by atoms with Gasteiger partial charge in [0.05, 0.1) is 0 Å². The van der Waals surface area contributed by atoms with Crippen LogP contribution < -0.4 is 4.90 Å². The quantitative estimate of drug-likeness (QED) is 0.812. The minimum absolute atomic E-state index is 0.141. The Kier molecular flexibility index (Phi) is 5.08. The van der Waals surface area contributed by atoms with Gasteiger partial charge >= 0.3 is 0 Å². The molecule has 2 fully saturated rings. The number of hydrogen-bond donors (Lipinski definition) is 0. The lowest BCUT2D eigenvalue weighted by Gasteiger charge is -2.39. The highest BCUT2D eigenvalue weighted by Gasteiger charge is 2.27. The van der Waals surface area contributed by atoms with E-state index in [1.165, 1.54) is 5.69 Å². The molecule has 0 unspecified atom stereocenters. The Hall–Kier alpha value is -2.08. The lowest BCUT2D eigenvalue weighted by atomic mass is 9.96. The molecule has 0 N–H and O–H groups in total. The molecule has 0 aliphatic carbocycles. The summed E-state index contributed by atoms with van der Waals surface area (Å²) in [6.07, 6.45) is 2.25. The van der Waals surface area contributed by atoms with Crippen LogP contribution in [0.2, 0.25) is 0 Å². The highest BCUT2D eigenvalue weighted by molar-refractivity contribution is 5.99. The number of benzene rings is 1. The standard InChI is InChI=1S/C21H30N4O2/c1-16(26)24-7-5-17(6-8-24)14-23-9-11-25(12-10-23)19-4-3-18-15-22(2)21(27)20(18)13-19/h3-4,13,17H,5-12,14-15H2,1-2H3. The highest BCUT2D eigenvalue weighted by Crippen LogP contribution is 2.27. The molecule has 0 radical (unpaired) electrons. The van der Waals surface area contributed by atoms with Gasteiger partial charge in [-0.1, -0.05) is 6.07 Å². The first-order valence-corrected chi connectivity index (χ1v) is 10.1. The topological polar surface area (TPSA) is 47.1 Å². The maximum Gasteiger partial charge on any atom is 0.254 e. The molecule has 6 heteroatoms. The number of anilines is 1. The van der Waals surface area contributed by atoms with Crippen molar-refractivity contribution in [3.8, 4) is 0 Å². The lowest BCUT2D eigenvalue weighted by Crippen LogP contribution is -2.49. The SMILES string of the molecule is CC(=O)N1CCC(CN2CCN(c3ccc4c(c3)C(=O)N(C)C4)CC2)CC1. The summed E-state index contributed by atoms with van der Waals surface area (Å²) in [6, 6.07) is 6.36. The number of nitrogens with zero attached hydrogens (tertiary/aromatic N) is 4. The molecular formula is C21H30N4O2. The predicted octanol–water partition coefficient (Wildman–Crippen LogP) is 1.65. The number of amides is 2. The third-order valence-corrected chi connectivity index (χ3v) is 6.39. The van der Waals surface area contributed by atoms with Crippen LogP contribution in [0.5, 0.6) is 0 Å². The summed E-state index contributed by atoms with van der Waals surface area (Å²) in [7, 11) is 1.86. The molecule has 1 aromatic carbocycles. The molecule has 3 heterocycles. The smallest absolute Gasteiger partial charge is 0.254 e. The van der Waals surface area contributed by atoms with Crippen LogP contribution >= 0.6 is 0 Å². The van der Waals surface area contributed by atoms with Gasteiger partial charge in [-0.25, -0.2) is 0 Å². The normalized spacial score (nSPS) is 21.7. The minimum Gasteiger partial charge on any atom is -0.369 e. The number of carbonyl (C=O) groups excluding carboxylic acids is 2. The Labute approximate surface area is 161 Å². The molecule has 146 valence electrons. The molecular weight excluding hydrogens is 340 g/mol. The molecule has 0 bridgehead atoms. The summed E-state index contributed by atoms with van der Waals surface area (Å²) >= 11 is 0. The van der Waals surface area contributed by atoms with E-state index in [1.807, 2.05) is 11.9 Å². The van der Waals surface area contributed by atoms with Crippen molar-refractivity contribution in [3.63, 3.8) is 0 Å². The Morgan fingerprint density at radius 1 is 1.07 bits per heavy atom. The molecule has 0 saturated carbocycles. The van der Waals surface area contributed by atoms with Crippen molar-refractivity contribution in [2.24, 2.45) is 5.92 Å². The van der Waals surface area contributed by atoms with Crippen LogP contribution in [0.4, 0.5) is 5.69 Å². The molecule has 0 atom stereocenters. The van der Waals surface area contributed by atoms with E-state index in [4.69, 9.17) is 0 Å². The maximum atomic E-state index is 12.2. The van der Waals surface area contributed by atoms with Gasteiger partial charge in [0.2, 0.25) is 5.91 Å². The van der Waals surface area contributed by atoms with Gasteiger partial charge < -0.3 is 14.7 Å². The summed E-state index contributed by atoms with van der Waals surface area (Å²) in [5, 5.41) is 0. The van der Waals surface area contributed by atoms with Crippen molar-refractivity contribution in [2.75, 3.05) is 57.8 Å².